The van der Waals surface area contributed by atoms with Crippen LogP contribution in [0.25, 0.3) is 11.1 Å². The van der Waals surface area contributed by atoms with Crippen molar-refractivity contribution in [3.05, 3.63) is 28.5 Å². The Morgan fingerprint density at radius 1 is 1.64 bits per heavy atom. The fourth-order valence-electron chi connectivity index (χ4n) is 0.962. The minimum atomic E-state index is -0.438. The monoisotopic (exact) mass is 150 g/mol. The second kappa shape index (κ2) is 1.95. The maximum absolute atomic E-state index is 10.7. The van der Waals surface area contributed by atoms with Crippen LogP contribution in [0.2, 0.25) is 0 Å². The van der Waals surface area contributed by atoms with Gasteiger partial charge in [-0.3, -0.25) is 9.97 Å². The lowest BCUT2D eigenvalue weighted by Crippen LogP contribution is -1.92. The molecule has 0 spiro atoms. The predicted octanol–water partition coefficient (Wildman–Crippen LogP) is 0.825. The van der Waals surface area contributed by atoms with Crippen LogP contribution in [0, 0.1) is 6.92 Å². The van der Waals surface area contributed by atoms with E-state index in [-0.39, 0.29) is 0 Å². The van der Waals surface area contributed by atoms with Crippen molar-refractivity contribution in [2.75, 3.05) is 0 Å². The number of H-pyrrole nitrogens is 1. The number of hydrogen-bond acceptors (Lipinski definition) is 3. The van der Waals surface area contributed by atoms with Gasteiger partial charge in [0.25, 0.3) is 0 Å². The molecule has 0 aliphatic carbocycles. The summed E-state index contributed by atoms with van der Waals surface area (Å²) in [5.74, 6) is -0.438. The molecule has 2 heterocycles. The number of oxazole rings is 1. The minimum absolute atomic E-state index is 0.438. The van der Waals surface area contributed by atoms with Crippen LogP contribution < -0.4 is 5.76 Å². The molecule has 1 N–H and O–H groups in total. The van der Waals surface area contributed by atoms with Crippen molar-refractivity contribution in [2.45, 2.75) is 6.92 Å². The van der Waals surface area contributed by atoms with Crippen LogP contribution in [-0.2, 0) is 0 Å². The molecule has 0 saturated carbocycles. The normalized spacial score (nSPS) is 10.6. The quantitative estimate of drug-likeness (QED) is 0.604. The number of nitrogens with one attached hydrogen (secondary N) is 1. The van der Waals surface area contributed by atoms with Crippen LogP contribution in [0.4, 0.5) is 0 Å². The number of aromatic nitrogens is 2. The molecule has 0 atom stereocenters. The van der Waals surface area contributed by atoms with Crippen LogP contribution in [0.15, 0.2) is 21.5 Å². The molecule has 2 aromatic heterocycles. The average molecular weight is 150 g/mol. The van der Waals surface area contributed by atoms with Gasteiger partial charge in [0, 0.05) is 5.69 Å². The van der Waals surface area contributed by atoms with Crippen molar-refractivity contribution in [1.29, 1.82) is 0 Å². The van der Waals surface area contributed by atoms with Crippen molar-refractivity contribution in [1.82, 2.24) is 9.97 Å². The second-order valence-corrected chi connectivity index (χ2v) is 2.34. The fraction of sp³-hybridized carbons (Fsp3) is 0.143. The van der Waals surface area contributed by atoms with E-state index in [1.54, 1.807) is 6.07 Å². The lowest BCUT2D eigenvalue weighted by atomic mass is 10.3. The van der Waals surface area contributed by atoms with Gasteiger partial charge in [-0.15, -0.1) is 0 Å². The SMILES string of the molecule is Cc1cc2[nH]c(=O)oc2cn1. The van der Waals surface area contributed by atoms with E-state index in [2.05, 4.69) is 9.97 Å². The van der Waals surface area contributed by atoms with Gasteiger partial charge in [0.15, 0.2) is 5.58 Å². The topological polar surface area (TPSA) is 58.9 Å². The molecule has 0 fully saturated rings. The third-order valence-corrected chi connectivity index (χ3v) is 1.44. The zero-order valence-corrected chi connectivity index (χ0v) is 5.92. The summed E-state index contributed by atoms with van der Waals surface area (Å²) in [5.41, 5.74) is 2.05. The number of aryl methyl sites for hydroxylation is 1. The summed E-state index contributed by atoms with van der Waals surface area (Å²) >= 11 is 0. The highest BCUT2D eigenvalue weighted by Gasteiger charge is 1.99. The van der Waals surface area contributed by atoms with Gasteiger partial charge in [0.1, 0.15) is 0 Å². The lowest BCUT2D eigenvalue weighted by molar-refractivity contribution is 0.554. The number of fused-ring (bicyclic) bond motifs is 1. The van der Waals surface area contributed by atoms with Crippen LogP contribution in [0.1, 0.15) is 5.69 Å². The molecule has 0 aliphatic heterocycles. The summed E-state index contributed by atoms with van der Waals surface area (Å²) in [4.78, 5) is 17.2. The first-order chi connectivity index (χ1) is 5.25. The molecule has 56 valence electrons. The van der Waals surface area contributed by atoms with Crippen LogP contribution in [0.5, 0.6) is 0 Å². The Bertz CT molecular complexity index is 441. The molecule has 2 rings (SSSR count). The van der Waals surface area contributed by atoms with E-state index in [4.69, 9.17) is 4.42 Å². The van der Waals surface area contributed by atoms with Crippen molar-refractivity contribution in [3.63, 3.8) is 0 Å². The van der Waals surface area contributed by atoms with E-state index < -0.39 is 5.76 Å². The van der Waals surface area contributed by atoms with E-state index in [0.29, 0.717) is 11.1 Å². The summed E-state index contributed by atoms with van der Waals surface area (Å²) in [7, 11) is 0. The molecule has 0 saturated heterocycles. The molecule has 0 bridgehead atoms. The molecular formula is C7H6N2O2. The largest absolute Gasteiger partial charge is 0.417 e. The number of aromatic amines is 1. The maximum Gasteiger partial charge on any atom is 0.417 e. The first-order valence-electron chi connectivity index (χ1n) is 3.21. The number of rotatable bonds is 0. The predicted molar refractivity (Wildman–Crippen MR) is 39.4 cm³/mol. The Hall–Kier alpha value is -1.58. The van der Waals surface area contributed by atoms with Crippen molar-refractivity contribution in [3.8, 4) is 0 Å². The Morgan fingerprint density at radius 3 is 3.27 bits per heavy atom. The van der Waals surface area contributed by atoms with Crippen molar-refractivity contribution >= 4 is 11.1 Å². The number of pyridine rings is 1. The Morgan fingerprint density at radius 2 is 2.45 bits per heavy atom. The fourth-order valence-corrected chi connectivity index (χ4v) is 0.962. The summed E-state index contributed by atoms with van der Waals surface area (Å²) in [6.07, 6.45) is 1.53. The summed E-state index contributed by atoms with van der Waals surface area (Å²) in [6, 6.07) is 1.76. The molecule has 0 aromatic carbocycles. The van der Waals surface area contributed by atoms with E-state index >= 15 is 0 Å². The molecule has 0 aliphatic rings. The molecule has 0 radical (unpaired) electrons. The molecule has 4 nitrogen and oxygen atoms in total. The zero-order chi connectivity index (χ0) is 7.84. The standard InChI is InChI=1S/C7H6N2O2/c1-4-2-5-6(3-8-4)11-7(10)9-5/h2-3H,1H3,(H,9,10). The highest BCUT2D eigenvalue weighted by Crippen LogP contribution is 2.07. The summed E-state index contributed by atoms with van der Waals surface area (Å²) < 4.78 is 4.75. The van der Waals surface area contributed by atoms with Gasteiger partial charge in [-0.1, -0.05) is 0 Å². The highest BCUT2D eigenvalue weighted by atomic mass is 16.4. The summed E-state index contributed by atoms with van der Waals surface area (Å²) in [6.45, 7) is 1.85. The first-order valence-corrected chi connectivity index (χ1v) is 3.21. The van der Waals surface area contributed by atoms with E-state index in [9.17, 15) is 4.79 Å². The Balaban J connectivity index is 2.92. The van der Waals surface area contributed by atoms with Crippen LogP contribution in [0.3, 0.4) is 0 Å². The molecular weight excluding hydrogens is 144 g/mol. The van der Waals surface area contributed by atoms with Gasteiger partial charge in [-0.05, 0) is 13.0 Å². The van der Waals surface area contributed by atoms with Gasteiger partial charge in [0.05, 0.1) is 11.7 Å². The van der Waals surface area contributed by atoms with Crippen molar-refractivity contribution < 1.29 is 4.42 Å². The van der Waals surface area contributed by atoms with Gasteiger partial charge < -0.3 is 4.42 Å². The smallest absolute Gasteiger partial charge is 0.406 e. The van der Waals surface area contributed by atoms with Crippen LogP contribution >= 0.6 is 0 Å². The lowest BCUT2D eigenvalue weighted by Gasteiger charge is -1.87. The third kappa shape index (κ3) is 0.920. The number of nitrogens with zero attached hydrogens (tertiary/aromatic N) is 1. The molecule has 0 unspecified atom stereocenters. The minimum Gasteiger partial charge on any atom is -0.406 e. The number of hydrogen-bond donors (Lipinski definition) is 1. The third-order valence-electron chi connectivity index (χ3n) is 1.44. The van der Waals surface area contributed by atoms with Gasteiger partial charge in [-0.2, -0.15) is 0 Å². The van der Waals surface area contributed by atoms with E-state index in [0.717, 1.165) is 5.69 Å². The maximum atomic E-state index is 10.7. The first kappa shape index (κ1) is 6.15. The van der Waals surface area contributed by atoms with Crippen molar-refractivity contribution in [2.24, 2.45) is 0 Å². The molecule has 2 aromatic rings. The average Bonchev–Trinajstić information content (AvgIpc) is 2.27. The van der Waals surface area contributed by atoms with E-state index in [1.165, 1.54) is 6.20 Å². The zero-order valence-electron chi connectivity index (χ0n) is 5.92. The summed E-state index contributed by atoms with van der Waals surface area (Å²) in [5, 5.41) is 0. The molecule has 4 heteroatoms. The second-order valence-electron chi connectivity index (χ2n) is 2.34. The molecule has 11 heavy (non-hydrogen) atoms. The van der Waals surface area contributed by atoms with Gasteiger partial charge in [-0.25, -0.2) is 4.79 Å². The van der Waals surface area contributed by atoms with Gasteiger partial charge >= 0.3 is 5.76 Å². The highest BCUT2D eigenvalue weighted by molar-refractivity contribution is 5.70. The van der Waals surface area contributed by atoms with E-state index in [1.807, 2.05) is 6.92 Å². The van der Waals surface area contributed by atoms with Gasteiger partial charge in [0.2, 0.25) is 0 Å². The molecule has 0 amide bonds. The Kier molecular flexibility index (Phi) is 1.09. The Labute approximate surface area is 61.9 Å². The van der Waals surface area contributed by atoms with Crippen LogP contribution in [-0.4, -0.2) is 9.97 Å².